The summed E-state index contributed by atoms with van der Waals surface area (Å²) in [4.78, 5) is 21.7. The molecule has 4 nitrogen and oxygen atoms in total. The molecule has 1 atom stereocenters. The van der Waals surface area contributed by atoms with E-state index in [0.29, 0.717) is 24.1 Å². The van der Waals surface area contributed by atoms with Gasteiger partial charge in [0, 0.05) is 12.6 Å². The number of rotatable bonds is 5. The Balaban J connectivity index is 2.89. The SMILES string of the molecule is CC(=O)Nc1cc(F)c(C)c(CCC(C)C(=O)O)c1. The summed E-state index contributed by atoms with van der Waals surface area (Å²) < 4.78 is 13.7. The molecule has 2 N–H and O–H groups in total. The molecule has 0 saturated carbocycles. The first-order valence-corrected chi connectivity index (χ1v) is 6.10. The molecule has 0 radical (unpaired) electrons. The van der Waals surface area contributed by atoms with Crippen molar-refractivity contribution in [3.05, 3.63) is 29.1 Å². The fourth-order valence-corrected chi connectivity index (χ4v) is 1.77. The normalized spacial score (nSPS) is 12.0. The van der Waals surface area contributed by atoms with E-state index < -0.39 is 17.7 Å². The topological polar surface area (TPSA) is 66.4 Å². The van der Waals surface area contributed by atoms with Crippen LogP contribution in [0.2, 0.25) is 0 Å². The van der Waals surface area contributed by atoms with Crippen LogP contribution in [-0.4, -0.2) is 17.0 Å². The van der Waals surface area contributed by atoms with E-state index in [9.17, 15) is 14.0 Å². The average Bonchev–Trinajstić information content (AvgIpc) is 2.30. The highest BCUT2D eigenvalue weighted by molar-refractivity contribution is 5.88. The number of nitrogens with one attached hydrogen (secondary N) is 1. The van der Waals surface area contributed by atoms with Crippen molar-refractivity contribution in [2.24, 2.45) is 5.92 Å². The Morgan fingerprint density at radius 1 is 1.42 bits per heavy atom. The zero-order valence-corrected chi connectivity index (χ0v) is 11.3. The average molecular weight is 267 g/mol. The van der Waals surface area contributed by atoms with E-state index in [1.54, 1.807) is 19.9 Å². The summed E-state index contributed by atoms with van der Waals surface area (Å²) >= 11 is 0. The van der Waals surface area contributed by atoms with Crippen LogP contribution in [0.25, 0.3) is 0 Å². The first-order valence-electron chi connectivity index (χ1n) is 6.10. The zero-order chi connectivity index (χ0) is 14.6. The molecule has 0 aliphatic rings. The molecule has 19 heavy (non-hydrogen) atoms. The molecular weight excluding hydrogens is 249 g/mol. The summed E-state index contributed by atoms with van der Waals surface area (Å²) in [6, 6.07) is 2.95. The molecule has 0 aliphatic heterocycles. The molecule has 0 heterocycles. The third-order valence-electron chi connectivity index (χ3n) is 3.04. The Kier molecular flexibility index (Phi) is 5.03. The minimum atomic E-state index is -0.865. The van der Waals surface area contributed by atoms with Gasteiger partial charge in [-0.05, 0) is 43.0 Å². The number of amides is 1. The lowest BCUT2D eigenvalue weighted by Crippen LogP contribution is -2.11. The number of aliphatic carboxylic acids is 1. The standard InChI is InChI=1S/C14H18FNO3/c1-8(14(18)19)4-5-11-6-12(16-10(3)17)7-13(15)9(11)2/h6-8H,4-5H2,1-3H3,(H,16,17)(H,18,19). The molecule has 1 aromatic rings. The highest BCUT2D eigenvalue weighted by Gasteiger charge is 2.13. The Labute approximate surface area is 111 Å². The predicted octanol–water partition coefficient (Wildman–Crippen LogP) is 2.75. The molecular formula is C14H18FNO3. The van der Waals surface area contributed by atoms with Gasteiger partial charge in [-0.15, -0.1) is 0 Å². The molecule has 0 aliphatic carbocycles. The number of anilines is 1. The monoisotopic (exact) mass is 267 g/mol. The van der Waals surface area contributed by atoms with Crippen LogP contribution in [0, 0.1) is 18.7 Å². The number of hydrogen-bond acceptors (Lipinski definition) is 2. The van der Waals surface area contributed by atoms with Crippen molar-refractivity contribution in [1.82, 2.24) is 0 Å². The first-order chi connectivity index (χ1) is 8.81. The van der Waals surface area contributed by atoms with Crippen molar-refractivity contribution in [3.8, 4) is 0 Å². The first kappa shape index (κ1) is 15.1. The van der Waals surface area contributed by atoms with Crippen LogP contribution >= 0.6 is 0 Å². The fraction of sp³-hybridized carbons (Fsp3) is 0.429. The quantitative estimate of drug-likeness (QED) is 0.862. The molecule has 1 aromatic carbocycles. The largest absolute Gasteiger partial charge is 0.481 e. The van der Waals surface area contributed by atoms with Crippen molar-refractivity contribution < 1.29 is 19.1 Å². The highest BCUT2D eigenvalue weighted by Crippen LogP contribution is 2.22. The van der Waals surface area contributed by atoms with Crippen molar-refractivity contribution in [2.45, 2.75) is 33.6 Å². The number of aryl methyl sites for hydroxylation is 1. The Morgan fingerprint density at radius 2 is 2.05 bits per heavy atom. The third-order valence-corrected chi connectivity index (χ3v) is 3.04. The summed E-state index contributed by atoms with van der Waals surface area (Å²) in [6.45, 7) is 4.61. The second kappa shape index (κ2) is 6.31. The fourth-order valence-electron chi connectivity index (χ4n) is 1.77. The molecule has 104 valence electrons. The van der Waals surface area contributed by atoms with Gasteiger partial charge in [0.25, 0.3) is 0 Å². The van der Waals surface area contributed by atoms with Crippen molar-refractivity contribution >= 4 is 17.6 Å². The maximum atomic E-state index is 13.7. The van der Waals surface area contributed by atoms with Crippen molar-refractivity contribution in [1.29, 1.82) is 0 Å². The lowest BCUT2D eigenvalue weighted by molar-refractivity contribution is -0.141. The minimum absolute atomic E-state index is 0.270. The van der Waals surface area contributed by atoms with Crippen LogP contribution in [0.4, 0.5) is 10.1 Å². The summed E-state index contributed by atoms with van der Waals surface area (Å²) in [5.74, 6) is -2.01. The lowest BCUT2D eigenvalue weighted by Gasteiger charge is -2.12. The van der Waals surface area contributed by atoms with Crippen LogP contribution in [-0.2, 0) is 16.0 Å². The van der Waals surface area contributed by atoms with Crippen LogP contribution < -0.4 is 5.32 Å². The number of carbonyl (C=O) groups excluding carboxylic acids is 1. The smallest absolute Gasteiger partial charge is 0.306 e. The second-order valence-electron chi connectivity index (χ2n) is 4.70. The summed E-state index contributed by atoms with van der Waals surface area (Å²) in [5, 5.41) is 11.4. The molecule has 0 aromatic heterocycles. The number of carbonyl (C=O) groups is 2. The van der Waals surface area contributed by atoms with Crippen molar-refractivity contribution in [3.63, 3.8) is 0 Å². The van der Waals surface area contributed by atoms with Crippen LogP contribution in [0.5, 0.6) is 0 Å². The highest BCUT2D eigenvalue weighted by atomic mass is 19.1. The number of benzene rings is 1. The third kappa shape index (κ3) is 4.35. The van der Waals surface area contributed by atoms with Gasteiger partial charge in [-0.1, -0.05) is 6.92 Å². The van der Waals surface area contributed by atoms with E-state index in [-0.39, 0.29) is 5.91 Å². The molecule has 0 fully saturated rings. The summed E-state index contributed by atoms with van der Waals surface area (Å²) in [7, 11) is 0. The zero-order valence-electron chi connectivity index (χ0n) is 11.3. The van der Waals surface area contributed by atoms with E-state index in [4.69, 9.17) is 5.11 Å². The van der Waals surface area contributed by atoms with Gasteiger partial charge in [0.1, 0.15) is 5.82 Å². The van der Waals surface area contributed by atoms with Gasteiger partial charge in [0.2, 0.25) is 5.91 Å². The molecule has 5 heteroatoms. The van der Waals surface area contributed by atoms with Gasteiger partial charge in [-0.25, -0.2) is 4.39 Å². The van der Waals surface area contributed by atoms with E-state index in [0.717, 1.165) is 5.56 Å². The Bertz CT molecular complexity index is 500. The van der Waals surface area contributed by atoms with Gasteiger partial charge in [-0.2, -0.15) is 0 Å². The van der Waals surface area contributed by atoms with E-state index in [2.05, 4.69) is 5.32 Å². The van der Waals surface area contributed by atoms with Crippen LogP contribution in [0.1, 0.15) is 31.4 Å². The molecule has 0 spiro atoms. The van der Waals surface area contributed by atoms with Gasteiger partial charge >= 0.3 is 5.97 Å². The molecule has 1 amide bonds. The maximum absolute atomic E-state index is 13.7. The van der Waals surface area contributed by atoms with E-state index in [1.807, 2.05) is 0 Å². The lowest BCUT2D eigenvalue weighted by atomic mass is 9.97. The summed E-state index contributed by atoms with van der Waals surface area (Å²) in [5.41, 5.74) is 1.61. The van der Waals surface area contributed by atoms with Crippen molar-refractivity contribution in [2.75, 3.05) is 5.32 Å². The Morgan fingerprint density at radius 3 is 2.58 bits per heavy atom. The second-order valence-corrected chi connectivity index (χ2v) is 4.70. The van der Waals surface area contributed by atoms with E-state index in [1.165, 1.54) is 13.0 Å². The molecule has 0 bridgehead atoms. The number of hydrogen-bond donors (Lipinski definition) is 2. The Hall–Kier alpha value is -1.91. The van der Waals surface area contributed by atoms with Gasteiger partial charge in [-0.3, -0.25) is 9.59 Å². The van der Waals surface area contributed by atoms with Crippen LogP contribution in [0.3, 0.4) is 0 Å². The molecule has 1 unspecified atom stereocenters. The number of carboxylic acids is 1. The molecule has 0 saturated heterocycles. The predicted molar refractivity (Wildman–Crippen MR) is 70.6 cm³/mol. The number of carboxylic acid groups (broad SMARTS) is 1. The van der Waals surface area contributed by atoms with Crippen LogP contribution in [0.15, 0.2) is 12.1 Å². The minimum Gasteiger partial charge on any atom is -0.481 e. The number of halogens is 1. The maximum Gasteiger partial charge on any atom is 0.306 e. The van der Waals surface area contributed by atoms with Gasteiger partial charge in [0.15, 0.2) is 0 Å². The van der Waals surface area contributed by atoms with Gasteiger partial charge in [0.05, 0.1) is 5.92 Å². The molecule has 1 rings (SSSR count). The summed E-state index contributed by atoms with van der Waals surface area (Å²) in [6.07, 6.45) is 0.892. The van der Waals surface area contributed by atoms with E-state index >= 15 is 0 Å². The van der Waals surface area contributed by atoms with Gasteiger partial charge < -0.3 is 10.4 Å².